The fourth-order valence-electron chi connectivity index (χ4n) is 1.66. The van der Waals surface area contributed by atoms with E-state index in [0.717, 1.165) is 17.0 Å². The second kappa shape index (κ2) is 4.65. The highest BCUT2D eigenvalue weighted by atomic mass is 16.1. The molecule has 1 rings (SSSR count). The molecule has 1 aromatic heterocycles. The van der Waals surface area contributed by atoms with Gasteiger partial charge in [0.05, 0.1) is 5.69 Å². The monoisotopic (exact) mass is 224 g/mol. The minimum absolute atomic E-state index is 0.290. The fourth-order valence-corrected chi connectivity index (χ4v) is 1.66. The van der Waals surface area contributed by atoms with Crippen molar-refractivity contribution in [3.63, 3.8) is 0 Å². The average Bonchev–Trinajstić information content (AvgIpc) is 2.41. The molecule has 0 aromatic carbocycles. The number of amides is 1. The van der Waals surface area contributed by atoms with Crippen LogP contribution in [0.4, 0.5) is 0 Å². The first-order valence-corrected chi connectivity index (χ1v) is 5.35. The lowest BCUT2D eigenvalue weighted by molar-refractivity contribution is -0.119. The van der Waals surface area contributed by atoms with Crippen LogP contribution in [0.5, 0.6) is 0 Å². The maximum Gasteiger partial charge on any atom is 0.219 e. The Labute approximate surface area is 95.8 Å². The summed E-state index contributed by atoms with van der Waals surface area (Å²) in [6, 6.07) is 0. The molecule has 0 atom stereocenters. The van der Waals surface area contributed by atoms with Crippen LogP contribution in [-0.2, 0) is 11.3 Å². The van der Waals surface area contributed by atoms with Gasteiger partial charge in [0, 0.05) is 29.8 Å². The number of carbonyl (C=O) groups is 1. The zero-order chi connectivity index (χ0) is 12.3. The molecule has 1 aromatic rings. The van der Waals surface area contributed by atoms with E-state index < -0.39 is 0 Å². The quantitative estimate of drug-likeness (QED) is 0.690. The second-order valence-electron chi connectivity index (χ2n) is 4.79. The smallest absolute Gasteiger partial charge is 0.219 e. The Morgan fingerprint density at radius 1 is 1.50 bits per heavy atom. The average molecular weight is 224 g/mol. The highest BCUT2D eigenvalue weighted by molar-refractivity contribution is 5.74. The summed E-state index contributed by atoms with van der Waals surface area (Å²) in [4.78, 5) is 10.9. The first-order valence-electron chi connectivity index (χ1n) is 5.35. The van der Waals surface area contributed by atoms with Gasteiger partial charge in [-0.25, -0.2) is 0 Å². The van der Waals surface area contributed by atoms with Crippen molar-refractivity contribution in [2.24, 2.45) is 5.73 Å². The zero-order valence-electron chi connectivity index (χ0n) is 10.3. The van der Waals surface area contributed by atoms with Crippen molar-refractivity contribution in [1.82, 2.24) is 15.5 Å². The van der Waals surface area contributed by atoms with Gasteiger partial charge in [0.25, 0.3) is 0 Å². The number of aryl methyl sites for hydroxylation is 2. The molecule has 0 aliphatic rings. The number of aromatic amines is 1. The highest BCUT2D eigenvalue weighted by Gasteiger charge is 2.20. The van der Waals surface area contributed by atoms with E-state index in [1.807, 2.05) is 27.7 Å². The molecule has 0 saturated heterocycles. The molecule has 0 saturated carbocycles. The van der Waals surface area contributed by atoms with E-state index in [4.69, 9.17) is 5.73 Å². The minimum Gasteiger partial charge on any atom is -0.370 e. The van der Waals surface area contributed by atoms with Crippen LogP contribution in [0.3, 0.4) is 0 Å². The Hall–Kier alpha value is -1.36. The van der Waals surface area contributed by atoms with Gasteiger partial charge in [-0.1, -0.05) is 0 Å². The van der Waals surface area contributed by atoms with Gasteiger partial charge in [-0.05, 0) is 27.7 Å². The number of hydrogen-bond donors (Lipinski definition) is 3. The van der Waals surface area contributed by atoms with Crippen molar-refractivity contribution in [3.05, 3.63) is 17.0 Å². The van der Waals surface area contributed by atoms with Gasteiger partial charge in [-0.3, -0.25) is 9.89 Å². The van der Waals surface area contributed by atoms with Crippen molar-refractivity contribution < 1.29 is 4.79 Å². The van der Waals surface area contributed by atoms with Gasteiger partial charge in [0.1, 0.15) is 0 Å². The predicted molar refractivity (Wildman–Crippen MR) is 62.8 cm³/mol. The lowest BCUT2D eigenvalue weighted by atomic mass is 9.99. The molecule has 0 aliphatic heterocycles. The molecule has 90 valence electrons. The second-order valence-corrected chi connectivity index (χ2v) is 4.79. The summed E-state index contributed by atoms with van der Waals surface area (Å²) >= 11 is 0. The van der Waals surface area contributed by atoms with E-state index in [0.29, 0.717) is 13.0 Å². The Bertz CT molecular complexity index is 362. The third-order valence-corrected chi connectivity index (χ3v) is 2.64. The van der Waals surface area contributed by atoms with Crippen LogP contribution in [0.1, 0.15) is 37.2 Å². The van der Waals surface area contributed by atoms with Crippen LogP contribution in [0.25, 0.3) is 0 Å². The molecule has 5 heteroatoms. The third kappa shape index (κ3) is 3.34. The SMILES string of the molecule is Cc1n[nH]c(C)c1CNC(C)(C)CC(N)=O. The number of rotatable bonds is 5. The molecule has 5 nitrogen and oxygen atoms in total. The van der Waals surface area contributed by atoms with Gasteiger partial charge in [0.2, 0.25) is 5.91 Å². The van der Waals surface area contributed by atoms with E-state index in [1.54, 1.807) is 0 Å². The number of nitrogens with two attached hydrogens (primary N) is 1. The molecule has 1 heterocycles. The standard InChI is InChI=1S/C11H20N4O/c1-7-9(8(2)15-14-7)6-13-11(3,4)5-10(12)16/h13H,5-6H2,1-4H3,(H2,12,16)(H,14,15). The highest BCUT2D eigenvalue weighted by Crippen LogP contribution is 2.13. The zero-order valence-corrected chi connectivity index (χ0v) is 10.3. The van der Waals surface area contributed by atoms with Crippen molar-refractivity contribution >= 4 is 5.91 Å². The van der Waals surface area contributed by atoms with E-state index in [9.17, 15) is 4.79 Å². The fraction of sp³-hybridized carbons (Fsp3) is 0.636. The summed E-state index contributed by atoms with van der Waals surface area (Å²) in [5.74, 6) is -0.293. The van der Waals surface area contributed by atoms with Crippen LogP contribution in [0.15, 0.2) is 0 Å². The van der Waals surface area contributed by atoms with Crippen LogP contribution in [0, 0.1) is 13.8 Å². The summed E-state index contributed by atoms with van der Waals surface area (Å²) in [7, 11) is 0. The van der Waals surface area contributed by atoms with Gasteiger partial charge in [-0.2, -0.15) is 5.10 Å². The summed E-state index contributed by atoms with van der Waals surface area (Å²) in [6.45, 7) is 8.55. The van der Waals surface area contributed by atoms with E-state index >= 15 is 0 Å². The molecule has 0 unspecified atom stereocenters. The molecule has 0 radical (unpaired) electrons. The number of primary amides is 1. The normalized spacial score (nSPS) is 11.8. The third-order valence-electron chi connectivity index (χ3n) is 2.64. The number of hydrogen-bond acceptors (Lipinski definition) is 3. The molecular formula is C11H20N4O. The minimum atomic E-state index is -0.293. The van der Waals surface area contributed by atoms with Crippen molar-refractivity contribution in [2.45, 2.75) is 46.2 Å². The summed E-state index contributed by atoms with van der Waals surface area (Å²) in [5.41, 5.74) is 8.09. The van der Waals surface area contributed by atoms with Crippen LogP contribution in [-0.4, -0.2) is 21.6 Å². The van der Waals surface area contributed by atoms with E-state index in [2.05, 4.69) is 15.5 Å². The molecular weight excluding hydrogens is 204 g/mol. The number of carbonyl (C=O) groups excluding carboxylic acids is 1. The Kier molecular flexibility index (Phi) is 3.70. The molecule has 0 aliphatic carbocycles. The molecule has 0 spiro atoms. The first kappa shape index (κ1) is 12.7. The number of H-pyrrole nitrogens is 1. The topological polar surface area (TPSA) is 83.8 Å². The van der Waals surface area contributed by atoms with Gasteiger partial charge < -0.3 is 11.1 Å². The predicted octanol–water partition coefficient (Wildman–Crippen LogP) is 0.770. The Morgan fingerprint density at radius 3 is 2.56 bits per heavy atom. The maximum atomic E-state index is 10.9. The Morgan fingerprint density at radius 2 is 2.12 bits per heavy atom. The number of nitrogens with zero attached hydrogens (tertiary/aromatic N) is 1. The molecule has 16 heavy (non-hydrogen) atoms. The van der Waals surface area contributed by atoms with E-state index in [-0.39, 0.29) is 11.4 Å². The molecule has 0 bridgehead atoms. The van der Waals surface area contributed by atoms with Gasteiger partial charge in [0.15, 0.2) is 0 Å². The lowest BCUT2D eigenvalue weighted by Crippen LogP contribution is -2.42. The molecule has 1 amide bonds. The number of nitrogens with one attached hydrogen (secondary N) is 2. The van der Waals surface area contributed by atoms with Crippen molar-refractivity contribution in [2.75, 3.05) is 0 Å². The van der Waals surface area contributed by atoms with Gasteiger partial charge >= 0.3 is 0 Å². The van der Waals surface area contributed by atoms with Crippen molar-refractivity contribution in [1.29, 1.82) is 0 Å². The lowest BCUT2D eigenvalue weighted by Gasteiger charge is -2.24. The van der Waals surface area contributed by atoms with Crippen LogP contribution in [0.2, 0.25) is 0 Å². The van der Waals surface area contributed by atoms with E-state index in [1.165, 1.54) is 0 Å². The molecule has 4 N–H and O–H groups in total. The largest absolute Gasteiger partial charge is 0.370 e. The summed E-state index contributed by atoms with van der Waals surface area (Å²) in [6.07, 6.45) is 0.322. The van der Waals surface area contributed by atoms with Crippen LogP contribution < -0.4 is 11.1 Å². The molecule has 0 fully saturated rings. The Balaban J connectivity index is 2.60. The number of aromatic nitrogens is 2. The summed E-state index contributed by atoms with van der Waals surface area (Å²) < 4.78 is 0. The summed E-state index contributed by atoms with van der Waals surface area (Å²) in [5, 5.41) is 10.4. The van der Waals surface area contributed by atoms with Crippen LogP contribution >= 0.6 is 0 Å². The van der Waals surface area contributed by atoms with Crippen molar-refractivity contribution in [3.8, 4) is 0 Å². The van der Waals surface area contributed by atoms with Gasteiger partial charge in [-0.15, -0.1) is 0 Å². The maximum absolute atomic E-state index is 10.9. The first-order chi connectivity index (χ1) is 7.32.